The fourth-order valence-electron chi connectivity index (χ4n) is 1.78. The standard InChI is InChI=1S/C10H21N/c1-9(2)6-7-11(5)8-10(9,3)4/h6-8H2,1-5H3. The molecule has 1 saturated heterocycles. The number of likely N-dealkylation sites (tertiary alicyclic amines) is 1. The quantitative estimate of drug-likeness (QED) is 0.519. The van der Waals surface area contributed by atoms with E-state index in [1.54, 1.807) is 0 Å². The maximum atomic E-state index is 2.44. The normalized spacial score (nSPS) is 30.3. The Labute approximate surface area is 70.8 Å². The smallest absolute Gasteiger partial charge is 0.00348 e. The molecule has 0 amide bonds. The molecule has 1 heterocycles. The van der Waals surface area contributed by atoms with Gasteiger partial charge < -0.3 is 4.90 Å². The summed E-state index contributed by atoms with van der Waals surface area (Å²) in [4.78, 5) is 2.44. The second kappa shape index (κ2) is 2.48. The van der Waals surface area contributed by atoms with Gasteiger partial charge in [-0.3, -0.25) is 0 Å². The highest BCUT2D eigenvalue weighted by Gasteiger charge is 2.40. The van der Waals surface area contributed by atoms with Gasteiger partial charge in [0.1, 0.15) is 0 Å². The van der Waals surface area contributed by atoms with Gasteiger partial charge in [-0.25, -0.2) is 0 Å². The minimum Gasteiger partial charge on any atom is -0.306 e. The molecule has 0 aromatic heterocycles. The Balaban J connectivity index is 2.72. The summed E-state index contributed by atoms with van der Waals surface area (Å²) in [7, 11) is 2.22. The average Bonchev–Trinajstić information content (AvgIpc) is 1.80. The van der Waals surface area contributed by atoms with Crippen molar-refractivity contribution in [1.82, 2.24) is 4.90 Å². The first-order chi connectivity index (χ1) is 4.85. The van der Waals surface area contributed by atoms with E-state index >= 15 is 0 Å². The average molecular weight is 155 g/mol. The van der Waals surface area contributed by atoms with Crippen molar-refractivity contribution in [2.24, 2.45) is 10.8 Å². The van der Waals surface area contributed by atoms with Crippen molar-refractivity contribution in [3.05, 3.63) is 0 Å². The fourth-order valence-corrected chi connectivity index (χ4v) is 1.78. The fraction of sp³-hybridized carbons (Fsp3) is 1.00. The molecule has 0 aliphatic carbocycles. The second-order valence-corrected chi connectivity index (χ2v) is 5.26. The molecule has 0 radical (unpaired) electrons. The van der Waals surface area contributed by atoms with Gasteiger partial charge in [-0.05, 0) is 30.8 Å². The minimum absolute atomic E-state index is 0.472. The van der Waals surface area contributed by atoms with Gasteiger partial charge in [0.05, 0.1) is 0 Å². The van der Waals surface area contributed by atoms with Gasteiger partial charge in [0.15, 0.2) is 0 Å². The maximum Gasteiger partial charge on any atom is 0.00348 e. The molecule has 0 spiro atoms. The number of nitrogens with zero attached hydrogens (tertiary/aromatic N) is 1. The lowest BCUT2D eigenvalue weighted by Gasteiger charge is -2.49. The summed E-state index contributed by atoms with van der Waals surface area (Å²) in [6.07, 6.45) is 1.33. The summed E-state index contributed by atoms with van der Waals surface area (Å²) >= 11 is 0. The van der Waals surface area contributed by atoms with Crippen LogP contribution in [0.15, 0.2) is 0 Å². The monoisotopic (exact) mass is 155 g/mol. The zero-order chi connectivity index (χ0) is 8.70. The first-order valence-corrected chi connectivity index (χ1v) is 4.54. The summed E-state index contributed by atoms with van der Waals surface area (Å²) in [6, 6.07) is 0. The van der Waals surface area contributed by atoms with Crippen LogP contribution in [0, 0.1) is 10.8 Å². The van der Waals surface area contributed by atoms with Gasteiger partial charge in [-0.2, -0.15) is 0 Å². The molecule has 0 N–H and O–H groups in total. The Bertz CT molecular complexity index is 147. The number of rotatable bonds is 0. The topological polar surface area (TPSA) is 3.24 Å². The van der Waals surface area contributed by atoms with Gasteiger partial charge in [0, 0.05) is 6.54 Å². The molecular formula is C10H21N. The molecule has 1 rings (SSSR count). The third kappa shape index (κ3) is 1.58. The van der Waals surface area contributed by atoms with Crippen LogP contribution in [-0.4, -0.2) is 25.0 Å². The van der Waals surface area contributed by atoms with Gasteiger partial charge in [0.25, 0.3) is 0 Å². The Morgan fingerprint density at radius 1 is 1.00 bits per heavy atom. The Hall–Kier alpha value is -0.0400. The van der Waals surface area contributed by atoms with E-state index in [1.807, 2.05) is 0 Å². The molecule has 0 unspecified atom stereocenters. The van der Waals surface area contributed by atoms with Crippen LogP contribution in [0.5, 0.6) is 0 Å². The minimum atomic E-state index is 0.472. The van der Waals surface area contributed by atoms with E-state index < -0.39 is 0 Å². The Morgan fingerprint density at radius 3 is 1.91 bits per heavy atom. The van der Waals surface area contributed by atoms with Gasteiger partial charge in [-0.15, -0.1) is 0 Å². The molecule has 0 saturated carbocycles. The molecule has 1 aliphatic heterocycles. The predicted octanol–water partition coefficient (Wildman–Crippen LogP) is 2.37. The van der Waals surface area contributed by atoms with E-state index in [9.17, 15) is 0 Å². The Morgan fingerprint density at radius 2 is 1.55 bits per heavy atom. The van der Waals surface area contributed by atoms with Crippen molar-refractivity contribution in [3.63, 3.8) is 0 Å². The van der Waals surface area contributed by atoms with E-state index in [1.165, 1.54) is 19.5 Å². The molecule has 0 aromatic rings. The van der Waals surface area contributed by atoms with Crippen LogP contribution in [0.4, 0.5) is 0 Å². The van der Waals surface area contributed by atoms with Crippen molar-refractivity contribution in [2.45, 2.75) is 34.1 Å². The van der Waals surface area contributed by atoms with Crippen LogP contribution in [0.2, 0.25) is 0 Å². The summed E-state index contributed by atoms with van der Waals surface area (Å²) < 4.78 is 0. The first kappa shape index (κ1) is 9.05. The number of piperidine rings is 1. The summed E-state index contributed by atoms with van der Waals surface area (Å²) in [5.41, 5.74) is 0.986. The summed E-state index contributed by atoms with van der Waals surface area (Å²) in [6.45, 7) is 12.0. The second-order valence-electron chi connectivity index (χ2n) is 5.26. The molecule has 66 valence electrons. The van der Waals surface area contributed by atoms with Crippen molar-refractivity contribution in [2.75, 3.05) is 20.1 Å². The lowest BCUT2D eigenvalue weighted by Crippen LogP contribution is -2.48. The highest BCUT2D eigenvalue weighted by Crippen LogP contribution is 2.44. The molecule has 1 fully saturated rings. The Kier molecular flexibility index (Phi) is 2.04. The summed E-state index contributed by atoms with van der Waals surface area (Å²) in [5.74, 6) is 0. The van der Waals surface area contributed by atoms with Crippen LogP contribution in [0.3, 0.4) is 0 Å². The molecule has 0 atom stereocenters. The van der Waals surface area contributed by atoms with Crippen molar-refractivity contribution < 1.29 is 0 Å². The molecule has 1 aliphatic rings. The zero-order valence-electron chi connectivity index (χ0n) is 8.57. The van der Waals surface area contributed by atoms with Crippen LogP contribution >= 0.6 is 0 Å². The van der Waals surface area contributed by atoms with E-state index in [0.717, 1.165) is 0 Å². The first-order valence-electron chi connectivity index (χ1n) is 4.54. The molecule has 0 bridgehead atoms. The van der Waals surface area contributed by atoms with E-state index in [-0.39, 0.29) is 0 Å². The lowest BCUT2D eigenvalue weighted by molar-refractivity contribution is 0.00684. The summed E-state index contributed by atoms with van der Waals surface area (Å²) in [5, 5.41) is 0. The van der Waals surface area contributed by atoms with E-state index in [4.69, 9.17) is 0 Å². The highest BCUT2D eigenvalue weighted by molar-refractivity contribution is 4.92. The molecule has 0 aromatic carbocycles. The van der Waals surface area contributed by atoms with Crippen LogP contribution in [-0.2, 0) is 0 Å². The van der Waals surface area contributed by atoms with E-state index in [2.05, 4.69) is 39.6 Å². The van der Waals surface area contributed by atoms with Gasteiger partial charge >= 0.3 is 0 Å². The van der Waals surface area contributed by atoms with Crippen molar-refractivity contribution in [3.8, 4) is 0 Å². The van der Waals surface area contributed by atoms with Crippen molar-refractivity contribution >= 4 is 0 Å². The van der Waals surface area contributed by atoms with Crippen LogP contribution in [0.25, 0.3) is 0 Å². The maximum absolute atomic E-state index is 2.44. The third-order valence-electron chi connectivity index (χ3n) is 3.62. The van der Waals surface area contributed by atoms with E-state index in [0.29, 0.717) is 10.8 Å². The molecule has 11 heavy (non-hydrogen) atoms. The SMILES string of the molecule is CN1CCC(C)(C)C(C)(C)C1. The van der Waals surface area contributed by atoms with Crippen LogP contribution < -0.4 is 0 Å². The molecular weight excluding hydrogens is 134 g/mol. The largest absolute Gasteiger partial charge is 0.306 e. The third-order valence-corrected chi connectivity index (χ3v) is 3.62. The van der Waals surface area contributed by atoms with Crippen molar-refractivity contribution in [1.29, 1.82) is 0 Å². The highest BCUT2D eigenvalue weighted by atomic mass is 15.1. The lowest BCUT2D eigenvalue weighted by atomic mass is 9.64. The van der Waals surface area contributed by atoms with Gasteiger partial charge in [0.2, 0.25) is 0 Å². The van der Waals surface area contributed by atoms with Crippen LogP contribution in [0.1, 0.15) is 34.1 Å². The predicted molar refractivity (Wildman–Crippen MR) is 49.7 cm³/mol. The van der Waals surface area contributed by atoms with Gasteiger partial charge in [-0.1, -0.05) is 27.7 Å². The molecule has 1 nitrogen and oxygen atoms in total. The number of hydrogen-bond acceptors (Lipinski definition) is 1. The zero-order valence-corrected chi connectivity index (χ0v) is 8.57. The molecule has 1 heteroatoms. The number of hydrogen-bond donors (Lipinski definition) is 0.